The molecule has 0 fully saturated rings. The fourth-order valence-electron chi connectivity index (χ4n) is 1.75. The lowest BCUT2D eigenvalue weighted by Gasteiger charge is -2.14. The van der Waals surface area contributed by atoms with Crippen LogP contribution in [0, 0.1) is 5.92 Å². The van der Waals surface area contributed by atoms with Crippen molar-refractivity contribution >= 4 is 5.97 Å². The first-order valence-electron chi connectivity index (χ1n) is 5.68. The molecule has 0 aliphatic carbocycles. The number of nitrogens with one attached hydrogen (secondary N) is 1. The molecule has 2 aromatic rings. The molecule has 0 bridgehead atoms. The summed E-state index contributed by atoms with van der Waals surface area (Å²) >= 11 is 0. The summed E-state index contributed by atoms with van der Waals surface area (Å²) in [4.78, 5) is 21.5. The van der Waals surface area contributed by atoms with Crippen molar-refractivity contribution < 1.29 is 19.2 Å². The number of aromatic nitrogens is 4. The molecule has 0 saturated carbocycles. The summed E-state index contributed by atoms with van der Waals surface area (Å²) in [5.74, 6) is -0.551. The van der Waals surface area contributed by atoms with Gasteiger partial charge in [-0.3, -0.25) is 0 Å². The molecule has 8 heteroatoms. The minimum absolute atomic E-state index is 0.0765. The van der Waals surface area contributed by atoms with Gasteiger partial charge < -0.3 is 19.4 Å². The van der Waals surface area contributed by atoms with Gasteiger partial charge in [0.2, 0.25) is 5.82 Å². The highest BCUT2D eigenvalue weighted by Crippen LogP contribution is 2.25. The molecule has 2 aromatic heterocycles. The number of ether oxygens (including phenoxy) is 1. The van der Waals surface area contributed by atoms with Gasteiger partial charge in [0, 0.05) is 7.11 Å². The Kier molecular flexibility index (Phi) is 3.61. The predicted molar refractivity (Wildman–Crippen MR) is 63.4 cm³/mol. The van der Waals surface area contributed by atoms with E-state index in [1.807, 2.05) is 13.8 Å². The summed E-state index contributed by atoms with van der Waals surface area (Å²) in [6.45, 7) is 3.92. The molecule has 0 saturated heterocycles. The lowest BCUT2D eigenvalue weighted by atomic mass is 10.1. The topological polar surface area (TPSA) is 114 Å². The first kappa shape index (κ1) is 13.2. The maximum absolute atomic E-state index is 11.0. The zero-order valence-corrected chi connectivity index (χ0v) is 10.7. The fourth-order valence-corrected chi connectivity index (χ4v) is 1.75. The van der Waals surface area contributed by atoms with Crippen LogP contribution in [0.2, 0.25) is 0 Å². The normalized spacial score (nSPS) is 12.8. The van der Waals surface area contributed by atoms with Crippen LogP contribution in [0.5, 0.6) is 0 Å². The first-order chi connectivity index (χ1) is 9.04. The van der Waals surface area contributed by atoms with E-state index in [0.717, 1.165) is 0 Å². The highest BCUT2D eigenvalue weighted by Gasteiger charge is 2.25. The summed E-state index contributed by atoms with van der Waals surface area (Å²) in [7, 11) is 1.56. The summed E-state index contributed by atoms with van der Waals surface area (Å²) in [5, 5.41) is 12.8. The number of carboxylic acid groups (broad SMARTS) is 1. The number of imidazole rings is 1. The molecule has 2 N–H and O–H groups in total. The van der Waals surface area contributed by atoms with Gasteiger partial charge >= 0.3 is 5.97 Å². The second kappa shape index (κ2) is 5.19. The maximum atomic E-state index is 11.0. The number of hydrogen-bond donors (Lipinski definition) is 2. The first-order valence-corrected chi connectivity index (χ1v) is 5.68. The molecule has 0 aromatic carbocycles. The van der Waals surface area contributed by atoms with Gasteiger partial charge in [-0.25, -0.2) is 9.78 Å². The van der Waals surface area contributed by atoms with Crippen LogP contribution in [0.15, 0.2) is 10.9 Å². The maximum Gasteiger partial charge on any atom is 0.356 e. The lowest BCUT2D eigenvalue weighted by molar-refractivity contribution is 0.0556. The third-order valence-electron chi connectivity index (χ3n) is 2.61. The van der Waals surface area contributed by atoms with Crippen LogP contribution >= 0.6 is 0 Å². The zero-order chi connectivity index (χ0) is 14.0. The van der Waals surface area contributed by atoms with Crippen molar-refractivity contribution in [2.24, 2.45) is 5.92 Å². The van der Waals surface area contributed by atoms with E-state index in [1.165, 1.54) is 6.33 Å². The number of hydrogen-bond acceptors (Lipinski definition) is 6. The number of carbonyl (C=O) groups is 1. The zero-order valence-electron chi connectivity index (χ0n) is 10.7. The summed E-state index contributed by atoms with van der Waals surface area (Å²) in [6, 6.07) is 0. The Morgan fingerprint density at radius 3 is 2.84 bits per heavy atom. The van der Waals surface area contributed by atoms with Crippen LogP contribution < -0.4 is 0 Å². The fraction of sp³-hybridized carbons (Fsp3) is 0.455. The van der Waals surface area contributed by atoms with Crippen LogP contribution in [0.25, 0.3) is 11.6 Å². The Balaban J connectivity index is 2.35. The Bertz CT molecular complexity index is 575. The van der Waals surface area contributed by atoms with E-state index < -0.39 is 5.97 Å². The summed E-state index contributed by atoms with van der Waals surface area (Å²) in [6.07, 6.45) is 0.951. The van der Waals surface area contributed by atoms with Gasteiger partial charge in [0.1, 0.15) is 11.8 Å². The van der Waals surface area contributed by atoms with E-state index >= 15 is 0 Å². The van der Waals surface area contributed by atoms with Crippen LogP contribution in [-0.4, -0.2) is 38.3 Å². The van der Waals surface area contributed by atoms with Crippen LogP contribution in [0.1, 0.15) is 36.3 Å². The molecule has 0 aliphatic heterocycles. The van der Waals surface area contributed by atoms with Crippen molar-refractivity contribution in [1.82, 2.24) is 20.1 Å². The van der Waals surface area contributed by atoms with Gasteiger partial charge in [-0.15, -0.1) is 0 Å². The van der Waals surface area contributed by atoms with Crippen LogP contribution in [0.4, 0.5) is 0 Å². The minimum Gasteiger partial charge on any atom is -0.476 e. The van der Waals surface area contributed by atoms with Gasteiger partial charge in [0.05, 0.1) is 6.33 Å². The third kappa shape index (κ3) is 2.48. The molecule has 1 unspecified atom stereocenters. The molecule has 2 heterocycles. The van der Waals surface area contributed by atoms with Gasteiger partial charge in [-0.1, -0.05) is 19.0 Å². The van der Waals surface area contributed by atoms with Crippen molar-refractivity contribution in [3.63, 3.8) is 0 Å². The highest BCUT2D eigenvalue weighted by atomic mass is 16.5. The second-order valence-electron chi connectivity index (χ2n) is 4.29. The van der Waals surface area contributed by atoms with E-state index in [-0.39, 0.29) is 29.3 Å². The largest absolute Gasteiger partial charge is 0.476 e. The average molecular weight is 266 g/mol. The molecule has 1 atom stereocenters. The summed E-state index contributed by atoms with van der Waals surface area (Å²) < 4.78 is 10.3. The van der Waals surface area contributed by atoms with Crippen molar-refractivity contribution in [1.29, 1.82) is 0 Å². The Labute approximate surface area is 108 Å². The predicted octanol–water partition coefficient (Wildman–Crippen LogP) is 1.50. The number of aromatic amines is 1. The van der Waals surface area contributed by atoms with Gasteiger partial charge in [-0.05, 0) is 5.92 Å². The molecule has 0 spiro atoms. The van der Waals surface area contributed by atoms with Crippen LogP contribution in [0.3, 0.4) is 0 Å². The Morgan fingerprint density at radius 1 is 1.53 bits per heavy atom. The van der Waals surface area contributed by atoms with Crippen molar-refractivity contribution in [3.05, 3.63) is 17.8 Å². The molecule has 102 valence electrons. The van der Waals surface area contributed by atoms with Gasteiger partial charge in [0.25, 0.3) is 5.89 Å². The number of H-pyrrole nitrogens is 1. The minimum atomic E-state index is -1.16. The molecular weight excluding hydrogens is 252 g/mol. The molecule has 19 heavy (non-hydrogen) atoms. The van der Waals surface area contributed by atoms with E-state index in [4.69, 9.17) is 14.4 Å². The van der Waals surface area contributed by atoms with Gasteiger partial charge in [-0.2, -0.15) is 4.98 Å². The average Bonchev–Trinajstić information content (AvgIpc) is 2.96. The SMILES string of the molecule is COC(c1noc(-c2[nH]cnc2C(=O)O)n1)C(C)C. The molecule has 8 nitrogen and oxygen atoms in total. The third-order valence-corrected chi connectivity index (χ3v) is 2.61. The standard InChI is InChI=1S/C11H14N4O4/c1-5(2)8(18-3)9-14-10(19-15-9)6-7(11(16)17)13-4-12-6/h4-5,8H,1-3H3,(H,12,13)(H,16,17). The smallest absolute Gasteiger partial charge is 0.356 e. The Morgan fingerprint density at radius 2 is 2.26 bits per heavy atom. The number of aromatic carboxylic acids is 1. The van der Waals surface area contributed by atoms with Crippen molar-refractivity contribution in [2.45, 2.75) is 20.0 Å². The van der Waals surface area contributed by atoms with Crippen molar-refractivity contribution in [3.8, 4) is 11.6 Å². The van der Waals surface area contributed by atoms with E-state index in [1.54, 1.807) is 7.11 Å². The van der Waals surface area contributed by atoms with Gasteiger partial charge in [0.15, 0.2) is 5.69 Å². The number of rotatable bonds is 5. The number of carboxylic acids is 1. The van der Waals surface area contributed by atoms with E-state index in [9.17, 15) is 4.79 Å². The summed E-state index contributed by atoms with van der Waals surface area (Å²) in [5.41, 5.74) is 0.0265. The molecule has 0 radical (unpaired) electrons. The quantitative estimate of drug-likeness (QED) is 0.842. The Hall–Kier alpha value is -2.22. The van der Waals surface area contributed by atoms with Crippen molar-refractivity contribution in [2.75, 3.05) is 7.11 Å². The highest BCUT2D eigenvalue weighted by molar-refractivity contribution is 5.91. The lowest BCUT2D eigenvalue weighted by Crippen LogP contribution is -2.10. The molecule has 0 amide bonds. The van der Waals surface area contributed by atoms with E-state index in [0.29, 0.717) is 5.82 Å². The monoisotopic (exact) mass is 266 g/mol. The van der Waals surface area contributed by atoms with Crippen LogP contribution in [-0.2, 0) is 4.74 Å². The molecule has 2 rings (SSSR count). The molecular formula is C11H14N4O4. The molecule has 0 aliphatic rings. The second-order valence-corrected chi connectivity index (χ2v) is 4.29. The number of nitrogens with zero attached hydrogens (tertiary/aromatic N) is 3. The van der Waals surface area contributed by atoms with E-state index in [2.05, 4.69) is 20.1 Å². The number of methoxy groups -OCH3 is 1.